The van der Waals surface area contributed by atoms with Gasteiger partial charge < -0.3 is 14.6 Å². The number of nitrogens with one attached hydrogen (secondary N) is 1. The van der Waals surface area contributed by atoms with Gasteiger partial charge in [-0.05, 0) is 42.3 Å². The van der Waals surface area contributed by atoms with Crippen LogP contribution in [0.2, 0.25) is 5.02 Å². The van der Waals surface area contributed by atoms with Crippen molar-refractivity contribution in [1.29, 1.82) is 0 Å². The van der Waals surface area contributed by atoms with Crippen LogP contribution in [0.5, 0.6) is 5.75 Å². The van der Waals surface area contributed by atoms with E-state index in [0.29, 0.717) is 0 Å². The molecule has 0 amide bonds. The van der Waals surface area contributed by atoms with Crippen LogP contribution < -0.4 is 10.1 Å². The summed E-state index contributed by atoms with van der Waals surface area (Å²) in [5, 5.41) is 4.37. The third kappa shape index (κ3) is 2.81. The molecule has 0 aliphatic carbocycles. The minimum Gasteiger partial charge on any atom is -0.496 e. The zero-order chi connectivity index (χ0) is 19.1. The van der Waals surface area contributed by atoms with Gasteiger partial charge in [0, 0.05) is 10.6 Å². The van der Waals surface area contributed by atoms with Crippen molar-refractivity contribution >= 4 is 28.6 Å². The lowest BCUT2D eigenvalue weighted by atomic mass is 9.92. The molecule has 2 atom stereocenters. The predicted molar refractivity (Wildman–Crippen MR) is 113 cm³/mol. The third-order valence-electron chi connectivity index (χ3n) is 5.44. The molecule has 1 aliphatic rings. The highest BCUT2D eigenvalue weighted by atomic mass is 35.5. The van der Waals surface area contributed by atoms with Gasteiger partial charge in [0.25, 0.3) is 0 Å². The highest BCUT2D eigenvalue weighted by Gasteiger charge is 2.32. The second-order valence-electron chi connectivity index (χ2n) is 7.04. The van der Waals surface area contributed by atoms with Crippen molar-refractivity contribution in [1.82, 2.24) is 9.55 Å². The fourth-order valence-electron chi connectivity index (χ4n) is 4.13. The van der Waals surface area contributed by atoms with Gasteiger partial charge in [-0.15, -0.1) is 0 Å². The first-order valence-corrected chi connectivity index (χ1v) is 9.74. The number of aromatic nitrogens is 2. The van der Waals surface area contributed by atoms with Crippen molar-refractivity contribution in [2.75, 3.05) is 12.4 Å². The number of halogens is 1. The lowest BCUT2D eigenvalue weighted by Crippen LogP contribution is -2.27. The van der Waals surface area contributed by atoms with Crippen LogP contribution in [-0.4, -0.2) is 16.7 Å². The van der Waals surface area contributed by atoms with Gasteiger partial charge >= 0.3 is 0 Å². The summed E-state index contributed by atoms with van der Waals surface area (Å²) in [5.74, 6) is 1.77. The number of nitrogens with zero attached hydrogens (tertiary/aromatic N) is 2. The number of methoxy groups -OCH3 is 1. The Bertz CT molecular complexity index is 1140. The van der Waals surface area contributed by atoms with Crippen LogP contribution >= 0.6 is 11.6 Å². The van der Waals surface area contributed by atoms with E-state index in [0.717, 1.165) is 39.7 Å². The predicted octanol–water partition coefficient (Wildman–Crippen LogP) is 5.84. The first kappa shape index (κ1) is 17.1. The zero-order valence-corrected chi connectivity index (χ0v) is 16.2. The first-order valence-electron chi connectivity index (χ1n) is 9.36. The maximum atomic E-state index is 6.10. The monoisotopic (exact) mass is 389 g/mol. The van der Waals surface area contributed by atoms with Crippen LogP contribution in [0.1, 0.15) is 29.6 Å². The normalized spacial score (nSPS) is 18.5. The van der Waals surface area contributed by atoms with E-state index in [-0.39, 0.29) is 12.1 Å². The Morgan fingerprint density at radius 2 is 1.75 bits per heavy atom. The summed E-state index contributed by atoms with van der Waals surface area (Å²) in [4.78, 5) is 4.86. The zero-order valence-electron chi connectivity index (χ0n) is 15.5. The van der Waals surface area contributed by atoms with E-state index in [1.807, 2.05) is 30.3 Å². The van der Waals surface area contributed by atoms with E-state index >= 15 is 0 Å². The SMILES string of the molecule is COc1ccccc1[C@H]1C[C@H](c2ccc(Cl)cc2)Nc2nc3ccccc3n21. The van der Waals surface area contributed by atoms with E-state index in [4.69, 9.17) is 21.3 Å². The Morgan fingerprint density at radius 1 is 1.00 bits per heavy atom. The number of hydrogen-bond donors (Lipinski definition) is 1. The molecule has 140 valence electrons. The number of hydrogen-bond acceptors (Lipinski definition) is 3. The van der Waals surface area contributed by atoms with Crippen LogP contribution in [0.4, 0.5) is 5.95 Å². The summed E-state index contributed by atoms with van der Waals surface area (Å²) in [6.45, 7) is 0. The van der Waals surface area contributed by atoms with Crippen LogP contribution in [0.15, 0.2) is 72.8 Å². The van der Waals surface area contributed by atoms with E-state index in [1.165, 1.54) is 5.56 Å². The van der Waals surface area contributed by atoms with Crippen LogP contribution in [-0.2, 0) is 0 Å². The van der Waals surface area contributed by atoms with Crippen molar-refractivity contribution in [3.05, 3.63) is 88.9 Å². The maximum absolute atomic E-state index is 6.10. The van der Waals surface area contributed by atoms with Crippen molar-refractivity contribution in [2.45, 2.75) is 18.5 Å². The van der Waals surface area contributed by atoms with Crippen LogP contribution in [0, 0.1) is 0 Å². The molecular formula is C23H20ClN3O. The molecule has 1 N–H and O–H groups in total. The number of anilines is 1. The maximum Gasteiger partial charge on any atom is 0.204 e. The van der Waals surface area contributed by atoms with Gasteiger partial charge in [0.15, 0.2) is 0 Å². The first-order chi connectivity index (χ1) is 13.7. The molecule has 0 bridgehead atoms. The molecule has 0 fully saturated rings. The molecule has 3 aromatic carbocycles. The topological polar surface area (TPSA) is 39.1 Å². The molecule has 0 unspecified atom stereocenters. The van der Waals surface area contributed by atoms with Crippen LogP contribution in [0.25, 0.3) is 11.0 Å². The summed E-state index contributed by atoms with van der Waals surface area (Å²) in [7, 11) is 1.73. The minimum absolute atomic E-state index is 0.112. The fraction of sp³-hybridized carbons (Fsp3) is 0.174. The molecule has 1 aliphatic heterocycles. The Morgan fingerprint density at radius 3 is 2.57 bits per heavy atom. The second kappa shape index (κ2) is 6.88. The van der Waals surface area contributed by atoms with Crippen molar-refractivity contribution < 1.29 is 4.74 Å². The van der Waals surface area contributed by atoms with Gasteiger partial charge in [-0.25, -0.2) is 4.98 Å². The molecule has 0 radical (unpaired) electrons. The van der Waals surface area contributed by atoms with Crippen molar-refractivity contribution in [3.63, 3.8) is 0 Å². The standard InChI is InChI=1S/C23H20ClN3O/c1-28-22-9-5-2-6-17(22)21-14-19(15-10-12-16(24)13-11-15)26-23-25-18-7-3-4-8-20(18)27(21)23/h2-13,19,21H,14H2,1H3,(H,25,26)/t19-,21-/m1/s1. The molecule has 0 saturated carbocycles. The second-order valence-corrected chi connectivity index (χ2v) is 7.47. The number of rotatable bonds is 3. The van der Waals surface area contributed by atoms with Gasteiger partial charge in [-0.2, -0.15) is 0 Å². The fourth-order valence-corrected chi connectivity index (χ4v) is 4.25. The van der Waals surface area contributed by atoms with E-state index < -0.39 is 0 Å². The van der Waals surface area contributed by atoms with Gasteiger partial charge in [0.05, 0.1) is 30.2 Å². The van der Waals surface area contributed by atoms with Gasteiger partial charge in [-0.1, -0.05) is 54.1 Å². The van der Waals surface area contributed by atoms with E-state index in [9.17, 15) is 0 Å². The number of imidazole rings is 1. The molecule has 2 heterocycles. The minimum atomic E-state index is 0.112. The van der Waals surface area contributed by atoms with Gasteiger partial charge in [0.1, 0.15) is 5.75 Å². The summed E-state index contributed by atoms with van der Waals surface area (Å²) in [5.41, 5.74) is 4.47. The van der Waals surface area contributed by atoms with Crippen molar-refractivity contribution in [3.8, 4) is 5.75 Å². The molecule has 5 rings (SSSR count). The lowest BCUT2D eigenvalue weighted by molar-refractivity contribution is 0.392. The number of benzene rings is 3. The van der Waals surface area contributed by atoms with E-state index in [2.05, 4.69) is 52.3 Å². The summed E-state index contributed by atoms with van der Waals surface area (Å²) in [6, 6.07) is 24.8. The molecular weight excluding hydrogens is 370 g/mol. The average molecular weight is 390 g/mol. The molecule has 28 heavy (non-hydrogen) atoms. The molecule has 0 spiro atoms. The molecule has 5 heteroatoms. The lowest BCUT2D eigenvalue weighted by Gasteiger charge is -2.34. The Hall–Kier alpha value is -2.98. The molecule has 0 saturated heterocycles. The molecule has 4 aromatic rings. The highest BCUT2D eigenvalue weighted by molar-refractivity contribution is 6.30. The Labute approximate surface area is 168 Å². The van der Waals surface area contributed by atoms with Crippen molar-refractivity contribution in [2.24, 2.45) is 0 Å². The molecule has 4 nitrogen and oxygen atoms in total. The Kier molecular flexibility index (Phi) is 4.21. The van der Waals surface area contributed by atoms with Crippen LogP contribution in [0.3, 0.4) is 0 Å². The van der Waals surface area contributed by atoms with E-state index in [1.54, 1.807) is 7.11 Å². The Balaban J connectivity index is 1.68. The largest absolute Gasteiger partial charge is 0.496 e. The van der Waals surface area contributed by atoms with Gasteiger partial charge in [0.2, 0.25) is 5.95 Å². The third-order valence-corrected chi connectivity index (χ3v) is 5.69. The highest BCUT2D eigenvalue weighted by Crippen LogP contribution is 2.43. The smallest absolute Gasteiger partial charge is 0.204 e. The summed E-state index contributed by atoms with van der Waals surface area (Å²) < 4.78 is 7.98. The summed E-state index contributed by atoms with van der Waals surface area (Å²) in [6.07, 6.45) is 0.884. The van der Waals surface area contributed by atoms with Gasteiger partial charge in [-0.3, -0.25) is 0 Å². The number of fused-ring (bicyclic) bond motifs is 3. The number of ether oxygens (including phenoxy) is 1. The average Bonchev–Trinajstić information content (AvgIpc) is 3.12. The summed E-state index contributed by atoms with van der Waals surface area (Å²) >= 11 is 6.10. The quantitative estimate of drug-likeness (QED) is 0.478. The molecule has 1 aromatic heterocycles. The number of para-hydroxylation sites is 3.